The number of ether oxygens (including phenoxy) is 1. The van der Waals surface area contributed by atoms with Gasteiger partial charge in [-0.15, -0.1) is 0 Å². The second-order valence-electron chi connectivity index (χ2n) is 4.82. The van der Waals surface area contributed by atoms with E-state index < -0.39 is 0 Å². The summed E-state index contributed by atoms with van der Waals surface area (Å²) in [6, 6.07) is 6.20. The molecule has 5 nitrogen and oxygen atoms in total. The van der Waals surface area contributed by atoms with Crippen molar-refractivity contribution in [3.8, 4) is 11.5 Å². The highest BCUT2D eigenvalue weighted by Gasteiger charge is 2.18. The van der Waals surface area contributed by atoms with E-state index in [1.807, 2.05) is 6.07 Å². The van der Waals surface area contributed by atoms with Crippen LogP contribution in [0.5, 0.6) is 0 Å². The molecule has 0 aliphatic carbocycles. The molecule has 0 radical (unpaired) electrons. The van der Waals surface area contributed by atoms with Crippen molar-refractivity contribution in [2.75, 3.05) is 31.2 Å². The lowest BCUT2D eigenvalue weighted by atomic mass is 10.1. The molecule has 19 heavy (non-hydrogen) atoms. The van der Waals surface area contributed by atoms with Crippen molar-refractivity contribution >= 4 is 5.95 Å². The van der Waals surface area contributed by atoms with Crippen LogP contribution in [0, 0.1) is 13.8 Å². The van der Waals surface area contributed by atoms with Crippen LogP contribution in [0.2, 0.25) is 0 Å². The second-order valence-corrected chi connectivity index (χ2v) is 4.82. The first-order valence-corrected chi connectivity index (χ1v) is 6.48. The molecular formula is C14H17N3O2. The monoisotopic (exact) mass is 259 g/mol. The summed E-state index contributed by atoms with van der Waals surface area (Å²) in [7, 11) is 0. The summed E-state index contributed by atoms with van der Waals surface area (Å²) in [5.74, 6) is 1.23. The van der Waals surface area contributed by atoms with Gasteiger partial charge < -0.3 is 14.2 Å². The fourth-order valence-electron chi connectivity index (χ4n) is 2.27. The van der Waals surface area contributed by atoms with Crippen LogP contribution in [0.3, 0.4) is 0 Å². The van der Waals surface area contributed by atoms with Crippen molar-refractivity contribution in [2.45, 2.75) is 13.8 Å². The number of rotatable bonds is 2. The number of benzene rings is 1. The molecule has 0 spiro atoms. The van der Waals surface area contributed by atoms with Gasteiger partial charge in [-0.3, -0.25) is 0 Å². The number of aryl methyl sites for hydroxylation is 2. The number of morpholine rings is 1. The highest BCUT2D eigenvalue weighted by molar-refractivity contribution is 5.60. The van der Waals surface area contributed by atoms with Gasteiger partial charge in [0, 0.05) is 18.7 Å². The van der Waals surface area contributed by atoms with E-state index >= 15 is 0 Å². The minimum atomic E-state index is 0.582. The minimum Gasteiger partial charge on any atom is -0.378 e. The molecule has 1 aromatic heterocycles. The summed E-state index contributed by atoms with van der Waals surface area (Å²) >= 11 is 0. The maximum atomic E-state index is 5.38. The van der Waals surface area contributed by atoms with E-state index in [1.165, 1.54) is 5.56 Å². The Kier molecular flexibility index (Phi) is 3.21. The van der Waals surface area contributed by atoms with E-state index in [-0.39, 0.29) is 0 Å². The van der Waals surface area contributed by atoms with Crippen LogP contribution in [0.15, 0.2) is 22.7 Å². The third-order valence-electron chi connectivity index (χ3n) is 3.32. The minimum absolute atomic E-state index is 0.582. The molecule has 1 fully saturated rings. The maximum absolute atomic E-state index is 5.38. The molecule has 2 aromatic rings. The average molecular weight is 259 g/mol. The smallest absolute Gasteiger partial charge is 0.266 e. The van der Waals surface area contributed by atoms with Gasteiger partial charge in [-0.05, 0) is 30.6 Å². The summed E-state index contributed by atoms with van der Waals surface area (Å²) in [6.07, 6.45) is 0. The third-order valence-corrected chi connectivity index (χ3v) is 3.32. The first kappa shape index (κ1) is 12.2. The Labute approximate surface area is 112 Å². The quantitative estimate of drug-likeness (QED) is 0.827. The van der Waals surface area contributed by atoms with E-state index in [0.717, 1.165) is 24.2 Å². The third kappa shape index (κ3) is 2.46. The van der Waals surface area contributed by atoms with Crippen molar-refractivity contribution in [1.29, 1.82) is 0 Å². The fraction of sp³-hybridized carbons (Fsp3) is 0.429. The van der Waals surface area contributed by atoms with Crippen LogP contribution in [0.4, 0.5) is 5.95 Å². The Morgan fingerprint density at radius 1 is 1.16 bits per heavy atom. The van der Waals surface area contributed by atoms with Crippen LogP contribution in [-0.4, -0.2) is 36.4 Å². The zero-order chi connectivity index (χ0) is 13.2. The highest BCUT2D eigenvalue weighted by atomic mass is 16.5. The number of hydrogen-bond donors (Lipinski definition) is 0. The predicted molar refractivity (Wildman–Crippen MR) is 72.2 cm³/mol. The molecule has 3 rings (SSSR count). The van der Waals surface area contributed by atoms with Crippen LogP contribution in [-0.2, 0) is 4.74 Å². The van der Waals surface area contributed by atoms with E-state index in [1.54, 1.807) is 0 Å². The molecule has 0 saturated carbocycles. The molecule has 1 aromatic carbocycles. The van der Waals surface area contributed by atoms with E-state index in [0.29, 0.717) is 25.1 Å². The molecule has 100 valence electrons. The summed E-state index contributed by atoms with van der Waals surface area (Å²) in [6.45, 7) is 7.18. The zero-order valence-corrected chi connectivity index (χ0v) is 11.2. The van der Waals surface area contributed by atoms with Gasteiger partial charge >= 0.3 is 0 Å². The summed E-state index contributed by atoms with van der Waals surface area (Å²) < 4.78 is 10.7. The Hall–Kier alpha value is -1.88. The Balaban J connectivity index is 1.87. The van der Waals surface area contributed by atoms with Gasteiger partial charge in [-0.25, -0.2) is 0 Å². The molecule has 1 saturated heterocycles. The number of anilines is 1. The molecule has 2 heterocycles. The van der Waals surface area contributed by atoms with Gasteiger partial charge in [0.25, 0.3) is 11.8 Å². The number of nitrogens with zero attached hydrogens (tertiary/aromatic N) is 3. The summed E-state index contributed by atoms with van der Waals surface area (Å²) in [5.41, 5.74) is 3.38. The van der Waals surface area contributed by atoms with Crippen LogP contribution in [0.1, 0.15) is 11.1 Å². The molecule has 0 atom stereocenters. The number of hydrogen-bond acceptors (Lipinski definition) is 5. The van der Waals surface area contributed by atoms with Gasteiger partial charge in [0.15, 0.2) is 0 Å². The van der Waals surface area contributed by atoms with Gasteiger partial charge in [0.1, 0.15) is 0 Å². The molecule has 5 heteroatoms. The molecular weight excluding hydrogens is 242 g/mol. The topological polar surface area (TPSA) is 51.4 Å². The van der Waals surface area contributed by atoms with Crippen molar-refractivity contribution in [1.82, 2.24) is 10.1 Å². The van der Waals surface area contributed by atoms with Gasteiger partial charge in [0.2, 0.25) is 0 Å². The standard InChI is InChI=1S/C14H17N3O2/c1-10-3-4-12(11(2)9-10)13-15-14(16-19-13)17-5-7-18-8-6-17/h3-4,9H,5-8H2,1-2H3. The summed E-state index contributed by atoms with van der Waals surface area (Å²) in [4.78, 5) is 6.57. The lowest BCUT2D eigenvalue weighted by Crippen LogP contribution is -2.36. The SMILES string of the molecule is Cc1ccc(-c2nc(N3CCOCC3)no2)c(C)c1. The highest BCUT2D eigenvalue weighted by Crippen LogP contribution is 2.24. The van der Waals surface area contributed by atoms with Gasteiger partial charge in [0.05, 0.1) is 13.2 Å². The molecule has 1 aliphatic heterocycles. The van der Waals surface area contributed by atoms with Crippen LogP contribution < -0.4 is 4.90 Å². The van der Waals surface area contributed by atoms with Crippen molar-refractivity contribution in [3.63, 3.8) is 0 Å². The number of aromatic nitrogens is 2. The lowest BCUT2D eigenvalue weighted by Gasteiger charge is -2.24. The van der Waals surface area contributed by atoms with Crippen molar-refractivity contribution < 1.29 is 9.26 Å². The molecule has 0 unspecified atom stereocenters. The van der Waals surface area contributed by atoms with Gasteiger partial charge in [-0.2, -0.15) is 4.98 Å². The van der Waals surface area contributed by atoms with E-state index in [2.05, 4.69) is 41.0 Å². The van der Waals surface area contributed by atoms with Crippen molar-refractivity contribution in [2.24, 2.45) is 0 Å². The largest absolute Gasteiger partial charge is 0.378 e. The Bertz CT molecular complexity index is 574. The van der Waals surface area contributed by atoms with E-state index in [4.69, 9.17) is 9.26 Å². The zero-order valence-electron chi connectivity index (χ0n) is 11.2. The Morgan fingerprint density at radius 3 is 2.68 bits per heavy atom. The molecule has 0 amide bonds. The van der Waals surface area contributed by atoms with Crippen molar-refractivity contribution in [3.05, 3.63) is 29.3 Å². The summed E-state index contributed by atoms with van der Waals surface area (Å²) in [5, 5.41) is 4.06. The predicted octanol–water partition coefficient (Wildman–Crippen LogP) is 2.19. The molecule has 0 bridgehead atoms. The van der Waals surface area contributed by atoms with Crippen LogP contribution >= 0.6 is 0 Å². The Morgan fingerprint density at radius 2 is 1.95 bits per heavy atom. The van der Waals surface area contributed by atoms with Gasteiger partial charge in [-0.1, -0.05) is 17.7 Å². The van der Waals surface area contributed by atoms with E-state index in [9.17, 15) is 0 Å². The van der Waals surface area contributed by atoms with Crippen LogP contribution in [0.25, 0.3) is 11.5 Å². The molecule has 1 aliphatic rings. The first-order valence-electron chi connectivity index (χ1n) is 6.48. The lowest BCUT2D eigenvalue weighted by molar-refractivity contribution is 0.121. The second kappa shape index (κ2) is 5.01. The average Bonchev–Trinajstić information content (AvgIpc) is 2.89. The molecule has 0 N–H and O–H groups in total. The first-order chi connectivity index (χ1) is 9.24. The normalized spacial score (nSPS) is 15.8. The maximum Gasteiger partial charge on any atom is 0.266 e. The fourth-order valence-corrected chi connectivity index (χ4v) is 2.27.